The Labute approximate surface area is 159 Å². The molecule has 2 aromatic rings. The fraction of sp³-hybridized carbons (Fsp3) is 0.476. The number of nitrogens with zero attached hydrogens (tertiary/aromatic N) is 1. The van der Waals surface area contributed by atoms with Gasteiger partial charge < -0.3 is 10.1 Å². The van der Waals surface area contributed by atoms with E-state index in [1.165, 1.54) is 28.8 Å². The maximum atomic E-state index is 12.6. The molecule has 0 saturated carbocycles. The highest BCUT2D eigenvalue weighted by molar-refractivity contribution is 7.09. The van der Waals surface area contributed by atoms with Crippen molar-refractivity contribution in [1.29, 1.82) is 0 Å². The topological polar surface area (TPSA) is 41.6 Å². The Bertz CT molecular complexity index is 738. The van der Waals surface area contributed by atoms with Gasteiger partial charge in [0.15, 0.2) is 0 Å². The molecule has 4 rings (SSSR count). The summed E-state index contributed by atoms with van der Waals surface area (Å²) in [5.41, 5.74) is 3.74. The van der Waals surface area contributed by atoms with Gasteiger partial charge in [-0.15, -0.1) is 11.3 Å². The zero-order valence-electron chi connectivity index (χ0n) is 15.1. The lowest BCUT2D eigenvalue weighted by atomic mass is 10.1. The van der Waals surface area contributed by atoms with E-state index in [0.717, 1.165) is 44.6 Å². The number of ether oxygens (including phenoxy) is 1. The molecule has 0 bridgehead atoms. The Morgan fingerprint density at radius 3 is 2.96 bits per heavy atom. The summed E-state index contributed by atoms with van der Waals surface area (Å²) >= 11 is 1.74. The van der Waals surface area contributed by atoms with Gasteiger partial charge in [-0.1, -0.05) is 12.1 Å². The van der Waals surface area contributed by atoms with Crippen LogP contribution in [0.1, 0.15) is 35.3 Å². The summed E-state index contributed by atoms with van der Waals surface area (Å²) in [7, 11) is 0. The molecule has 2 heterocycles. The Morgan fingerprint density at radius 1 is 1.23 bits per heavy atom. The second-order valence-corrected chi connectivity index (χ2v) is 8.30. The first-order valence-corrected chi connectivity index (χ1v) is 10.4. The predicted octanol–water partition coefficient (Wildman–Crippen LogP) is 3.86. The monoisotopic (exact) mass is 370 g/mol. The molecule has 1 saturated heterocycles. The van der Waals surface area contributed by atoms with Crippen LogP contribution in [0, 0.1) is 0 Å². The quantitative estimate of drug-likeness (QED) is 0.805. The van der Waals surface area contributed by atoms with Crippen LogP contribution in [0.15, 0.2) is 35.7 Å². The van der Waals surface area contributed by atoms with Gasteiger partial charge in [0.25, 0.3) is 0 Å². The predicted molar refractivity (Wildman–Crippen MR) is 106 cm³/mol. The van der Waals surface area contributed by atoms with E-state index < -0.39 is 0 Å². The van der Waals surface area contributed by atoms with Gasteiger partial charge in [0.2, 0.25) is 5.91 Å². The van der Waals surface area contributed by atoms with E-state index in [1.54, 1.807) is 11.3 Å². The van der Waals surface area contributed by atoms with Crippen LogP contribution in [0.3, 0.4) is 0 Å². The SMILES string of the molecule is O=C(CN(Cc1cccs1)CC1CCCO1)Nc1ccc2c(c1)CCC2. The average Bonchev–Trinajstić information content (AvgIpc) is 3.36. The molecule has 138 valence electrons. The molecular formula is C21H26N2O2S. The van der Waals surface area contributed by atoms with Crippen molar-refractivity contribution >= 4 is 22.9 Å². The summed E-state index contributed by atoms with van der Waals surface area (Å²) in [6, 6.07) is 10.5. The van der Waals surface area contributed by atoms with Crippen molar-refractivity contribution in [2.75, 3.05) is 25.0 Å². The second kappa shape index (κ2) is 8.33. The smallest absolute Gasteiger partial charge is 0.238 e. The normalized spacial score (nSPS) is 19.0. The van der Waals surface area contributed by atoms with E-state index in [-0.39, 0.29) is 12.0 Å². The third-order valence-corrected chi connectivity index (χ3v) is 6.06. The Morgan fingerprint density at radius 2 is 2.15 bits per heavy atom. The van der Waals surface area contributed by atoms with E-state index in [1.807, 2.05) is 6.07 Å². The van der Waals surface area contributed by atoms with Gasteiger partial charge in [0.1, 0.15) is 0 Å². The van der Waals surface area contributed by atoms with E-state index in [9.17, 15) is 4.79 Å². The van der Waals surface area contributed by atoms with Crippen LogP contribution in [-0.4, -0.2) is 36.6 Å². The first kappa shape index (κ1) is 17.7. The summed E-state index contributed by atoms with van der Waals surface area (Å²) in [5.74, 6) is 0.0532. The molecule has 0 spiro atoms. The minimum atomic E-state index is 0.0532. The third-order valence-electron chi connectivity index (χ3n) is 5.19. The number of thiophene rings is 1. The maximum Gasteiger partial charge on any atom is 0.238 e. The number of amides is 1. The summed E-state index contributed by atoms with van der Waals surface area (Å²) in [5, 5.41) is 5.18. The van der Waals surface area contributed by atoms with Crippen LogP contribution < -0.4 is 5.32 Å². The van der Waals surface area contributed by atoms with Crippen LogP contribution in [0.5, 0.6) is 0 Å². The molecule has 1 aliphatic heterocycles. The molecule has 1 aliphatic carbocycles. The number of nitrogens with one attached hydrogen (secondary N) is 1. The van der Waals surface area contributed by atoms with Crippen molar-refractivity contribution in [2.45, 2.75) is 44.8 Å². The standard InChI is InChI=1S/C21H26N2O2S/c24-21(22-18-9-8-16-4-1-5-17(16)12-18)15-23(13-19-6-2-10-25-19)14-20-7-3-11-26-20/h3,7-9,11-12,19H,1-2,4-6,10,13-15H2,(H,22,24). The van der Waals surface area contributed by atoms with Crippen molar-refractivity contribution in [1.82, 2.24) is 4.90 Å². The molecule has 4 nitrogen and oxygen atoms in total. The molecule has 1 N–H and O–H groups in total. The van der Waals surface area contributed by atoms with Crippen molar-refractivity contribution < 1.29 is 9.53 Å². The highest BCUT2D eigenvalue weighted by Gasteiger charge is 2.21. The van der Waals surface area contributed by atoms with E-state index in [2.05, 4.69) is 39.9 Å². The number of aryl methyl sites for hydroxylation is 2. The van der Waals surface area contributed by atoms with Crippen molar-refractivity contribution in [2.24, 2.45) is 0 Å². The molecule has 1 unspecified atom stereocenters. The van der Waals surface area contributed by atoms with Crippen LogP contribution in [0.2, 0.25) is 0 Å². The molecule has 2 aliphatic rings. The number of carbonyl (C=O) groups excluding carboxylic acids is 1. The molecule has 1 amide bonds. The highest BCUT2D eigenvalue weighted by Crippen LogP contribution is 2.25. The number of benzene rings is 1. The molecule has 1 fully saturated rings. The number of anilines is 1. The Hall–Kier alpha value is -1.69. The highest BCUT2D eigenvalue weighted by atomic mass is 32.1. The summed E-state index contributed by atoms with van der Waals surface area (Å²) < 4.78 is 5.78. The molecular weight excluding hydrogens is 344 g/mol. The summed E-state index contributed by atoms with van der Waals surface area (Å²) in [6.07, 6.45) is 5.99. The van der Waals surface area contributed by atoms with E-state index >= 15 is 0 Å². The first-order chi connectivity index (χ1) is 12.8. The lowest BCUT2D eigenvalue weighted by molar-refractivity contribution is -0.117. The number of carbonyl (C=O) groups is 1. The number of rotatable bonds is 7. The third kappa shape index (κ3) is 4.53. The van der Waals surface area contributed by atoms with Gasteiger partial charge in [0.05, 0.1) is 12.6 Å². The molecule has 5 heteroatoms. The van der Waals surface area contributed by atoms with Gasteiger partial charge in [-0.2, -0.15) is 0 Å². The summed E-state index contributed by atoms with van der Waals surface area (Å²) in [4.78, 5) is 16.1. The van der Waals surface area contributed by atoms with Crippen molar-refractivity contribution in [3.63, 3.8) is 0 Å². The molecule has 1 atom stereocenters. The van der Waals surface area contributed by atoms with Gasteiger partial charge >= 0.3 is 0 Å². The van der Waals surface area contributed by atoms with Gasteiger partial charge in [-0.05, 0) is 66.8 Å². The lowest BCUT2D eigenvalue weighted by Crippen LogP contribution is -2.37. The maximum absolute atomic E-state index is 12.6. The number of hydrogen-bond acceptors (Lipinski definition) is 4. The fourth-order valence-electron chi connectivity index (χ4n) is 3.94. The van der Waals surface area contributed by atoms with Crippen LogP contribution in [0.4, 0.5) is 5.69 Å². The molecule has 1 aromatic carbocycles. The zero-order chi connectivity index (χ0) is 17.8. The first-order valence-electron chi connectivity index (χ1n) is 9.54. The average molecular weight is 371 g/mol. The summed E-state index contributed by atoms with van der Waals surface area (Å²) in [6.45, 7) is 2.86. The Kier molecular flexibility index (Phi) is 5.68. The molecule has 0 radical (unpaired) electrons. The number of hydrogen-bond donors (Lipinski definition) is 1. The van der Waals surface area contributed by atoms with E-state index in [4.69, 9.17) is 4.74 Å². The van der Waals surface area contributed by atoms with Crippen LogP contribution in [0.25, 0.3) is 0 Å². The molecule has 26 heavy (non-hydrogen) atoms. The minimum absolute atomic E-state index is 0.0532. The lowest BCUT2D eigenvalue weighted by Gasteiger charge is -2.24. The van der Waals surface area contributed by atoms with Crippen LogP contribution in [-0.2, 0) is 28.9 Å². The van der Waals surface area contributed by atoms with Gasteiger partial charge in [-0.3, -0.25) is 9.69 Å². The number of fused-ring (bicyclic) bond motifs is 1. The van der Waals surface area contributed by atoms with Crippen molar-refractivity contribution in [3.8, 4) is 0 Å². The van der Waals surface area contributed by atoms with Gasteiger partial charge in [0, 0.05) is 30.3 Å². The van der Waals surface area contributed by atoms with Crippen molar-refractivity contribution in [3.05, 3.63) is 51.7 Å². The minimum Gasteiger partial charge on any atom is -0.377 e. The fourth-order valence-corrected chi connectivity index (χ4v) is 4.68. The Balaban J connectivity index is 1.38. The van der Waals surface area contributed by atoms with Crippen LogP contribution >= 0.6 is 11.3 Å². The second-order valence-electron chi connectivity index (χ2n) is 7.27. The van der Waals surface area contributed by atoms with E-state index in [0.29, 0.717) is 6.54 Å². The van der Waals surface area contributed by atoms with Gasteiger partial charge in [-0.25, -0.2) is 0 Å². The zero-order valence-corrected chi connectivity index (χ0v) is 15.9. The molecule has 1 aromatic heterocycles. The largest absolute Gasteiger partial charge is 0.377 e.